The van der Waals surface area contributed by atoms with E-state index < -0.39 is 23.9 Å². The third kappa shape index (κ3) is 5.30. The highest BCUT2D eigenvalue weighted by atomic mass is 19.4. The van der Waals surface area contributed by atoms with Gasteiger partial charge in [-0.25, -0.2) is 14.4 Å². The molecule has 0 aliphatic carbocycles. The molecular weight excluding hydrogens is 496 g/mol. The lowest BCUT2D eigenvalue weighted by Gasteiger charge is -2.35. The Hall–Kier alpha value is -3.52. The number of amides is 1. The Morgan fingerprint density at radius 2 is 1.92 bits per heavy atom. The predicted octanol–water partition coefficient (Wildman–Crippen LogP) is 2.16. The fourth-order valence-electron chi connectivity index (χ4n) is 4.78. The summed E-state index contributed by atoms with van der Waals surface area (Å²) in [5, 5.41) is 12.0. The van der Waals surface area contributed by atoms with Gasteiger partial charge in [-0.05, 0) is 24.6 Å². The summed E-state index contributed by atoms with van der Waals surface area (Å²) in [4.78, 5) is 29.4. The average molecular weight is 523 g/mol. The lowest BCUT2D eigenvalue weighted by Crippen LogP contribution is -2.47. The topological polar surface area (TPSA) is 103 Å². The van der Waals surface area contributed by atoms with Gasteiger partial charge in [0.25, 0.3) is 0 Å². The molecule has 4 heterocycles. The molecule has 0 radical (unpaired) electrons. The van der Waals surface area contributed by atoms with E-state index in [0.29, 0.717) is 24.1 Å². The van der Waals surface area contributed by atoms with E-state index in [0.717, 1.165) is 36.8 Å². The molecule has 37 heavy (non-hydrogen) atoms. The van der Waals surface area contributed by atoms with Gasteiger partial charge in [-0.1, -0.05) is 0 Å². The third-order valence-corrected chi connectivity index (χ3v) is 6.76. The van der Waals surface area contributed by atoms with E-state index in [2.05, 4.69) is 30.1 Å². The summed E-state index contributed by atoms with van der Waals surface area (Å²) in [7, 11) is 0. The highest BCUT2D eigenvalue weighted by Crippen LogP contribution is 2.30. The first kappa shape index (κ1) is 25.1. The Kier molecular flexibility index (Phi) is 6.86. The first-order valence-electron chi connectivity index (χ1n) is 11.9. The van der Waals surface area contributed by atoms with E-state index in [1.165, 1.54) is 18.6 Å². The van der Waals surface area contributed by atoms with E-state index in [1.807, 2.05) is 0 Å². The van der Waals surface area contributed by atoms with Gasteiger partial charge >= 0.3 is 12.1 Å². The van der Waals surface area contributed by atoms with Gasteiger partial charge in [-0.15, -0.1) is 0 Å². The molecule has 2 saturated heterocycles. The van der Waals surface area contributed by atoms with E-state index in [-0.39, 0.29) is 31.3 Å². The van der Waals surface area contributed by atoms with Crippen LogP contribution in [0, 0.1) is 5.82 Å². The van der Waals surface area contributed by atoms with Crippen LogP contribution in [0.3, 0.4) is 0 Å². The van der Waals surface area contributed by atoms with Crippen molar-refractivity contribution in [1.82, 2.24) is 29.3 Å². The summed E-state index contributed by atoms with van der Waals surface area (Å²) in [6.45, 7) is 3.62. The summed E-state index contributed by atoms with van der Waals surface area (Å²) in [5.74, 6) is -2.23. The quantitative estimate of drug-likeness (QED) is 0.475. The second-order valence-electron chi connectivity index (χ2n) is 9.09. The number of aromatic nitrogens is 4. The van der Waals surface area contributed by atoms with Crippen LogP contribution in [0.25, 0.3) is 11.2 Å². The largest absolute Gasteiger partial charge is 0.471 e. The number of fused-ring (bicyclic) bond motifs is 1. The third-order valence-electron chi connectivity index (χ3n) is 6.76. The fourth-order valence-corrected chi connectivity index (χ4v) is 4.78. The molecule has 0 saturated carbocycles. The van der Waals surface area contributed by atoms with Crippen LogP contribution in [0.4, 0.5) is 34.9 Å². The van der Waals surface area contributed by atoms with E-state index >= 15 is 0 Å². The first-order valence-corrected chi connectivity index (χ1v) is 11.9. The number of piperazine rings is 1. The zero-order chi connectivity index (χ0) is 26.2. The molecule has 1 unspecified atom stereocenters. The lowest BCUT2D eigenvalue weighted by atomic mass is 10.2. The number of benzene rings is 1. The van der Waals surface area contributed by atoms with Gasteiger partial charge in [0.1, 0.15) is 11.3 Å². The maximum atomic E-state index is 14.9. The minimum absolute atomic E-state index is 0.0209. The van der Waals surface area contributed by atoms with Crippen molar-refractivity contribution in [3.63, 3.8) is 0 Å². The number of β-amino-alcohol motifs (C(OH)–C–C–N with tert-alkyl or cyclic N) is 1. The molecule has 2 aliphatic heterocycles. The van der Waals surface area contributed by atoms with Gasteiger partial charge in [0, 0.05) is 51.5 Å². The molecule has 2 N–H and O–H groups in total. The Balaban J connectivity index is 1.29. The fraction of sp³-hybridized carbons (Fsp3) is 0.478. The minimum Gasteiger partial charge on any atom is -0.395 e. The molecule has 2 fully saturated rings. The minimum atomic E-state index is -4.92. The number of carbonyl (C=O) groups is 1. The van der Waals surface area contributed by atoms with Gasteiger partial charge in [-0.2, -0.15) is 18.2 Å². The Labute approximate surface area is 209 Å². The summed E-state index contributed by atoms with van der Waals surface area (Å²) < 4.78 is 55.0. The van der Waals surface area contributed by atoms with Crippen LogP contribution in [-0.2, 0) is 4.79 Å². The van der Waals surface area contributed by atoms with Crippen molar-refractivity contribution in [3.05, 3.63) is 36.5 Å². The van der Waals surface area contributed by atoms with Crippen molar-refractivity contribution >= 4 is 34.4 Å². The highest BCUT2D eigenvalue weighted by molar-refractivity contribution is 5.82. The summed E-state index contributed by atoms with van der Waals surface area (Å²) in [5.41, 5.74) is 1.74. The molecule has 10 nitrogen and oxygen atoms in total. The maximum Gasteiger partial charge on any atom is 0.471 e. The first-order chi connectivity index (χ1) is 17.7. The number of aliphatic hydroxyl groups excluding tert-OH is 1. The van der Waals surface area contributed by atoms with Crippen molar-refractivity contribution in [1.29, 1.82) is 0 Å². The molecule has 198 valence electrons. The Morgan fingerprint density at radius 1 is 1.14 bits per heavy atom. The van der Waals surface area contributed by atoms with Crippen molar-refractivity contribution in [3.8, 4) is 0 Å². The monoisotopic (exact) mass is 522 g/mol. The zero-order valence-corrected chi connectivity index (χ0v) is 19.8. The number of anilines is 3. The number of likely N-dealkylation sites (tertiary alicyclic amines) is 1. The second kappa shape index (κ2) is 10.1. The van der Waals surface area contributed by atoms with Crippen molar-refractivity contribution in [2.24, 2.45) is 0 Å². The number of rotatable bonds is 6. The van der Waals surface area contributed by atoms with Crippen LogP contribution in [-0.4, -0.2) is 98.9 Å². The molecule has 1 amide bonds. The van der Waals surface area contributed by atoms with E-state index in [4.69, 9.17) is 5.11 Å². The molecule has 0 bridgehead atoms. The normalized spacial score (nSPS) is 19.1. The van der Waals surface area contributed by atoms with Gasteiger partial charge in [0.2, 0.25) is 5.95 Å². The lowest BCUT2D eigenvalue weighted by molar-refractivity contribution is -0.184. The van der Waals surface area contributed by atoms with Crippen LogP contribution in [0.2, 0.25) is 0 Å². The van der Waals surface area contributed by atoms with Gasteiger partial charge in [0.05, 0.1) is 30.9 Å². The van der Waals surface area contributed by atoms with Crippen LogP contribution < -0.4 is 10.2 Å². The number of hydrogen-bond donors (Lipinski definition) is 2. The molecule has 14 heteroatoms. The number of nitrogens with one attached hydrogen (secondary N) is 1. The number of imidazole rings is 1. The smallest absolute Gasteiger partial charge is 0.395 e. The van der Waals surface area contributed by atoms with Crippen molar-refractivity contribution in [2.45, 2.75) is 18.6 Å². The van der Waals surface area contributed by atoms with Crippen molar-refractivity contribution in [2.75, 3.05) is 62.6 Å². The SMILES string of the molecule is O=C(N1CCC(n2cnc3cnc(Nc4ccc(N5CCN(CCO)CC5)cc4F)nc32)C1)C(F)(F)F. The Morgan fingerprint density at radius 3 is 2.62 bits per heavy atom. The number of nitrogens with zero attached hydrogens (tertiary/aromatic N) is 7. The molecule has 5 rings (SSSR count). The van der Waals surface area contributed by atoms with Gasteiger partial charge in [0.15, 0.2) is 5.65 Å². The van der Waals surface area contributed by atoms with Gasteiger partial charge in [-0.3, -0.25) is 9.69 Å². The molecule has 2 aromatic heterocycles. The Bertz CT molecular complexity index is 1280. The number of aliphatic hydroxyl groups is 1. The second-order valence-corrected chi connectivity index (χ2v) is 9.09. The van der Waals surface area contributed by atoms with Crippen LogP contribution >= 0.6 is 0 Å². The molecule has 0 spiro atoms. The predicted molar refractivity (Wildman–Crippen MR) is 127 cm³/mol. The van der Waals surface area contributed by atoms with E-state index in [1.54, 1.807) is 16.7 Å². The summed E-state index contributed by atoms with van der Waals surface area (Å²) >= 11 is 0. The zero-order valence-electron chi connectivity index (χ0n) is 19.8. The number of halogens is 4. The molecule has 2 aliphatic rings. The molecule has 1 aromatic carbocycles. The van der Waals surface area contributed by atoms with E-state index in [9.17, 15) is 22.4 Å². The van der Waals surface area contributed by atoms with Crippen molar-refractivity contribution < 1.29 is 27.5 Å². The standard InChI is InChI=1S/C23H26F4N8O2/c24-17-11-15(33-7-5-32(6-8-33)9-10-36)1-2-18(17)30-22-28-12-19-20(31-22)35(14-29-19)16-3-4-34(13-16)21(37)23(25,26)27/h1-2,11-12,14,16,36H,3-10,13H2,(H,28,30,31). The molecule has 3 aromatic rings. The highest BCUT2D eigenvalue weighted by Gasteiger charge is 2.44. The molecule has 1 atom stereocenters. The van der Waals surface area contributed by atoms with Crippen LogP contribution in [0.15, 0.2) is 30.7 Å². The number of alkyl halides is 3. The number of hydrogen-bond acceptors (Lipinski definition) is 8. The average Bonchev–Trinajstić information content (AvgIpc) is 3.52. The summed E-state index contributed by atoms with van der Waals surface area (Å²) in [6.07, 6.45) is -1.68. The maximum absolute atomic E-state index is 14.9. The number of carbonyl (C=O) groups excluding carboxylic acids is 1. The van der Waals surface area contributed by atoms with Crippen LogP contribution in [0.5, 0.6) is 0 Å². The molecular formula is C23H26F4N8O2. The van der Waals surface area contributed by atoms with Gasteiger partial charge < -0.3 is 24.8 Å². The van der Waals surface area contributed by atoms with Crippen LogP contribution in [0.1, 0.15) is 12.5 Å². The summed E-state index contributed by atoms with van der Waals surface area (Å²) in [6, 6.07) is 4.43.